The van der Waals surface area contributed by atoms with Crippen molar-refractivity contribution in [3.8, 4) is 0 Å². The molecule has 1 aromatic carbocycles. The van der Waals surface area contributed by atoms with Crippen LogP contribution in [-0.2, 0) is 7.05 Å². The molecule has 0 N–H and O–H groups in total. The van der Waals surface area contributed by atoms with E-state index >= 15 is 0 Å². The first-order valence-electron chi connectivity index (χ1n) is 6.27. The van der Waals surface area contributed by atoms with Crippen LogP contribution in [0.5, 0.6) is 0 Å². The van der Waals surface area contributed by atoms with Gasteiger partial charge in [0.05, 0.1) is 0 Å². The number of amides is 1. The number of nitrogens with zero attached hydrogens (tertiary/aromatic N) is 2. The third-order valence-corrected chi connectivity index (χ3v) is 3.05. The summed E-state index contributed by atoms with van der Waals surface area (Å²) in [7, 11) is 1.62. The van der Waals surface area contributed by atoms with Crippen molar-refractivity contribution >= 4 is 11.6 Å². The number of hydrogen-bond acceptors (Lipinski definition) is 2. The van der Waals surface area contributed by atoms with Gasteiger partial charge in [0.25, 0.3) is 11.5 Å². The average molecular weight is 274 g/mol. The van der Waals surface area contributed by atoms with Crippen molar-refractivity contribution < 1.29 is 9.18 Å². The van der Waals surface area contributed by atoms with Crippen LogP contribution in [0.1, 0.15) is 17.3 Å². The van der Waals surface area contributed by atoms with E-state index in [4.69, 9.17) is 0 Å². The highest BCUT2D eigenvalue weighted by Gasteiger charge is 2.16. The summed E-state index contributed by atoms with van der Waals surface area (Å²) in [6.45, 7) is 2.25. The topological polar surface area (TPSA) is 42.3 Å². The molecule has 4 nitrogen and oxygen atoms in total. The third-order valence-electron chi connectivity index (χ3n) is 3.05. The van der Waals surface area contributed by atoms with Crippen LogP contribution in [0.15, 0.2) is 47.4 Å². The normalized spacial score (nSPS) is 10.3. The number of aromatic nitrogens is 1. The minimum atomic E-state index is -0.356. The maximum atomic E-state index is 12.9. The van der Waals surface area contributed by atoms with E-state index < -0.39 is 0 Å². The number of carbonyl (C=O) groups excluding carboxylic acids is 1. The van der Waals surface area contributed by atoms with Crippen molar-refractivity contribution in [2.75, 3.05) is 11.4 Å². The van der Waals surface area contributed by atoms with E-state index in [0.29, 0.717) is 17.8 Å². The molecule has 0 fully saturated rings. The second-order valence-electron chi connectivity index (χ2n) is 4.39. The van der Waals surface area contributed by atoms with Crippen LogP contribution >= 0.6 is 0 Å². The predicted molar refractivity (Wildman–Crippen MR) is 75.4 cm³/mol. The van der Waals surface area contributed by atoms with Gasteiger partial charge in [-0.3, -0.25) is 9.59 Å². The van der Waals surface area contributed by atoms with Crippen LogP contribution in [0.25, 0.3) is 0 Å². The van der Waals surface area contributed by atoms with Gasteiger partial charge < -0.3 is 9.47 Å². The molecule has 20 heavy (non-hydrogen) atoms. The molecular weight excluding hydrogens is 259 g/mol. The molecule has 0 saturated carbocycles. The molecule has 2 aromatic rings. The van der Waals surface area contributed by atoms with Crippen molar-refractivity contribution in [2.24, 2.45) is 7.05 Å². The van der Waals surface area contributed by atoms with E-state index in [1.165, 1.54) is 39.8 Å². The van der Waals surface area contributed by atoms with E-state index in [9.17, 15) is 14.0 Å². The Bertz CT molecular complexity index is 677. The second-order valence-corrected chi connectivity index (χ2v) is 4.39. The van der Waals surface area contributed by atoms with Crippen LogP contribution in [-0.4, -0.2) is 17.0 Å². The van der Waals surface area contributed by atoms with E-state index in [0.717, 1.165) is 0 Å². The summed E-state index contributed by atoms with van der Waals surface area (Å²) in [6, 6.07) is 8.57. The summed E-state index contributed by atoms with van der Waals surface area (Å²) < 4.78 is 14.3. The lowest BCUT2D eigenvalue weighted by Crippen LogP contribution is -2.32. The Morgan fingerprint density at radius 2 is 1.90 bits per heavy atom. The van der Waals surface area contributed by atoms with Gasteiger partial charge in [-0.2, -0.15) is 0 Å². The number of pyridine rings is 1. The Hall–Kier alpha value is -2.43. The molecule has 104 valence electrons. The van der Waals surface area contributed by atoms with E-state index in [2.05, 4.69) is 0 Å². The molecule has 5 heteroatoms. The highest BCUT2D eigenvalue weighted by atomic mass is 19.1. The number of hydrogen-bond donors (Lipinski definition) is 0. The monoisotopic (exact) mass is 274 g/mol. The maximum Gasteiger partial charge on any atom is 0.258 e. The molecule has 1 heterocycles. The van der Waals surface area contributed by atoms with Crippen molar-refractivity contribution in [3.63, 3.8) is 0 Å². The Kier molecular flexibility index (Phi) is 3.98. The highest BCUT2D eigenvalue weighted by molar-refractivity contribution is 6.05. The van der Waals surface area contributed by atoms with Crippen LogP contribution in [0.2, 0.25) is 0 Å². The Morgan fingerprint density at radius 3 is 2.45 bits per heavy atom. The zero-order chi connectivity index (χ0) is 14.7. The molecule has 1 aromatic heterocycles. The lowest BCUT2D eigenvalue weighted by molar-refractivity contribution is 0.0988. The van der Waals surface area contributed by atoms with E-state index in [1.54, 1.807) is 19.3 Å². The highest BCUT2D eigenvalue weighted by Crippen LogP contribution is 2.17. The fourth-order valence-electron chi connectivity index (χ4n) is 1.90. The number of anilines is 1. The van der Waals surface area contributed by atoms with Gasteiger partial charge >= 0.3 is 0 Å². The largest absolute Gasteiger partial charge is 0.319 e. The van der Waals surface area contributed by atoms with Crippen LogP contribution in [0.4, 0.5) is 10.1 Å². The second kappa shape index (κ2) is 5.69. The molecule has 0 aliphatic rings. The van der Waals surface area contributed by atoms with Gasteiger partial charge in [0.15, 0.2) is 0 Å². The van der Waals surface area contributed by atoms with E-state index in [-0.39, 0.29) is 17.3 Å². The van der Waals surface area contributed by atoms with Crippen molar-refractivity contribution in [1.29, 1.82) is 0 Å². The molecule has 0 unspecified atom stereocenters. The van der Waals surface area contributed by atoms with Gasteiger partial charge in [-0.15, -0.1) is 0 Å². The molecular formula is C15H15FN2O2. The molecule has 0 aliphatic heterocycles. The molecule has 0 radical (unpaired) electrons. The number of benzene rings is 1. The van der Waals surface area contributed by atoms with Crippen molar-refractivity contribution in [2.45, 2.75) is 6.92 Å². The molecule has 1 amide bonds. The first-order chi connectivity index (χ1) is 9.52. The molecule has 0 atom stereocenters. The van der Waals surface area contributed by atoms with Crippen molar-refractivity contribution in [1.82, 2.24) is 4.57 Å². The standard InChI is InChI=1S/C15H15FN2O2/c1-3-18(13-6-4-12(16)5-7-13)15(20)11-8-9-17(2)14(19)10-11/h4-10H,3H2,1-2H3. The molecule has 0 spiro atoms. The summed E-state index contributed by atoms with van der Waals surface area (Å²) in [5.74, 6) is -0.636. The minimum absolute atomic E-state index is 0.244. The number of rotatable bonds is 3. The molecule has 2 rings (SSSR count). The van der Waals surface area contributed by atoms with Crippen LogP contribution < -0.4 is 10.5 Å². The van der Waals surface area contributed by atoms with Gasteiger partial charge in [0, 0.05) is 37.1 Å². The number of carbonyl (C=O) groups is 1. The quantitative estimate of drug-likeness (QED) is 0.861. The smallest absolute Gasteiger partial charge is 0.258 e. The lowest BCUT2D eigenvalue weighted by atomic mass is 10.2. The zero-order valence-corrected chi connectivity index (χ0v) is 11.3. The average Bonchev–Trinajstić information content (AvgIpc) is 2.44. The minimum Gasteiger partial charge on any atom is -0.319 e. The Labute approximate surface area is 116 Å². The van der Waals surface area contributed by atoms with Gasteiger partial charge in [0.1, 0.15) is 5.82 Å². The lowest BCUT2D eigenvalue weighted by Gasteiger charge is -2.21. The summed E-state index contributed by atoms with van der Waals surface area (Å²) in [4.78, 5) is 25.5. The predicted octanol–water partition coefficient (Wildman–Crippen LogP) is 2.19. The number of halogens is 1. The number of aryl methyl sites for hydroxylation is 1. The fraction of sp³-hybridized carbons (Fsp3) is 0.200. The van der Waals surface area contributed by atoms with E-state index in [1.807, 2.05) is 6.92 Å². The first-order valence-corrected chi connectivity index (χ1v) is 6.27. The fourth-order valence-corrected chi connectivity index (χ4v) is 1.90. The summed E-state index contributed by atoms with van der Waals surface area (Å²) >= 11 is 0. The van der Waals surface area contributed by atoms with Crippen LogP contribution in [0, 0.1) is 5.82 Å². The Balaban J connectivity index is 2.36. The molecule has 0 aliphatic carbocycles. The van der Waals surface area contributed by atoms with Crippen molar-refractivity contribution in [3.05, 3.63) is 64.3 Å². The first kappa shape index (κ1) is 14.0. The summed E-state index contributed by atoms with van der Waals surface area (Å²) in [5, 5.41) is 0. The summed E-state index contributed by atoms with van der Waals surface area (Å²) in [6.07, 6.45) is 1.55. The zero-order valence-electron chi connectivity index (χ0n) is 11.3. The molecule has 0 saturated heterocycles. The van der Waals surface area contributed by atoms with Gasteiger partial charge in [-0.1, -0.05) is 0 Å². The van der Waals surface area contributed by atoms with Crippen LogP contribution in [0.3, 0.4) is 0 Å². The van der Waals surface area contributed by atoms with Gasteiger partial charge in [0.2, 0.25) is 0 Å². The Morgan fingerprint density at radius 1 is 1.25 bits per heavy atom. The maximum absolute atomic E-state index is 12.9. The van der Waals surface area contributed by atoms with Gasteiger partial charge in [-0.25, -0.2) is 4.39 Å². The SMILES string of the molecule is CCN(C(=O)c1ccn(C)c(=O)c1)c1ccc(F)cc1. The third kappa shape index (κ3) is 2.77. The van der Waals surface area contributed by atoms with Gasteiger partial charge in [-0.05, 0) is 37.3 Å². The molecule has 0 bridgehead atoms. The summed E-state index contributed by atoms with van der Waals surface area (Å²) in [5.41, 5.74) is 0.671.